The fourth-order valence-electron chi connectivity index (χ4n) is 1.20. The quantitative estimate of drug-likeness (QED) is 0.343. The average Bonchev–Trinajstić information content (AvgIpc) is 2.27. The molecule has 2 N–H and O–H groups in total. The van der Waals surface area contributed by atoms with Gasteiger partial charge in [-0.3, -0.25) is 9.35 Å². The fraction of sp³-hybridized carbons (Fsp3) is 0. The smallest absolute Gasteiger partial charge is 0.340 e. The zero-order valence-electron chi connectivity index (χ0n) is 9.18. The highest BCUT2D eigenvalue weighted by Crippen LogP contribution is 2.29. The molecule has 0 heterocycles. The van der Waals surface area contributed by atoms with E-state index in [4.69, 9.17) is 4.55 Å². The van der Waals surface area contributed by atoms with E-state index in [0.29, 0.717) is 18.4 Å². The van der Waals surface area contributed by atoms with Crippen LogP contribution < -0.4 is 0 Å². The van der Waals surface area contributed by atoms with Crippen LogP contribution in [0.5, 0.6) is 5.75 Å². The molecular formula is C9H8O8S2. The Morgan fingerprint density at radius 1 is 1.16 bits per heavy atom. The molecule has 1 aromatic carbocycles. The first kappa shape index (κ1) is 15.1. The van der Waals surface area contributed by atoms with Gasteiger partial charge in [0.05, 0.1) is 11.8 Å². The Kier molecular flexibility index (Phi) is 3.98. The minimum Gasteiger partial charge on any atom is -0.507 e. The lowest BCUT2D eigenvalue weighted by atomic mass is 10.2. The summed E-state index contributed by atoms with van der Waals surface area (Å²) in [5, 5.41) is 9.36. The maximum Gasteiger partial charge on any atom is 0.340 e. The maximum atomic E-state index is 11.6. The van der Waals surface area contributed by atoms with Gasteiger partial charge in [0, 0.05) is 6.07 Å². The summed E-state index contributed by atoms with van der Waals surface area (Å²) in [5.74, 6) is -0.784. The molecular weight excluding hydrogens is 300 g/mol. The highest BCUT2D eigenvalue weighted by Gasteiger charge is 2.28. The number of carbonyl (C=O) groups is 1. The molecule has 0 unspecified atom stereocenters. The lowest BCUT2D eigenvalue weighted by molar-refractivity contribution is 0.112. The van der Waals surface area contributed by atoms with Crippen LogP contribution in [0.1, 0.15) is 10.4 Å². The van der Waals surface area contributed by atoms with Crippen molar-refractivity contribution in [1.82, 2.24) is 0 Å². The summed E-state index contributed by atoms with van der Waals surface area (Å²) in [7, 11) is -9.55. The summed E-state index contributed by atoms with van der Waals surface area (Å²) in [5.41, 5.74) is -0.509. The van der Waals surface area contributed by atoms with Gasteiger partial charge in [0.15, 0.2) is 6.29 Å². The van der Waals surface area contributed by atoms with Crippen molar-refractivity contribution >= 4 is 26.5 Å². The molecule has 19 heavy (non-hydrogen) atoms. The first-order chi connectivity index (χ1) is 8.63. The molecule has 0 bridgehead atoms. The van der Waals surface area contributed by atoms with Gasteiger partial charge >= 0.3 is 10.1 Å². The molecule has 0 spiro atoms. The average molecular weight is 308 g/mol. The van der Waals surface area contributed by atoms with Crippen molar-refractivity contribution in [3.8, 4) is 5.75 Å². The van der Waals surface area contributed by atoms with Crippen LogP contribution in [0, 0.1) is 0 Å². The molecule has 0 aromatic heterocycles. The largest absolute Gasteiger partial charge is 0.507 e. The molecule has 0 aliphatic heterocycles. The molecule has 0 amide bonds. The van der Waals surface area contributed by atoms with Crippen molar-refractivity contribution in [1.29, 1.82) is 0 Å². The normalized spacial score (nSPS) is 11.8. The predicted molar refractivity (Wildman–Crippen MR) is 61.8 cm³/mol. The number of phenols is 1. The topological polar surface area (TPSA) is 135 Å². The van der Waals surface area contributed by atoms with Crippen LogP contribution in [0.25, 0.3) is 0 Å². The molecule has 0 fully saturated rings. The van der Waals surface area contributed by atoms with Gasteiger partial charge in [-0.05, 0) is 6.07 Å². The summed E-state index contributed by atoms with van der Waals surface area (Å²) < 4.78 is 58.4. The summed E-state index contributed by atoms with van der Waals surface area (Å²) in [6.45, 7) is 2.99. The summed E-state index contributed by atoms with van der Waals surface area (Å²) in [6.07, 6.45) is 0.614. The van der Waals surface area contributed by atoms with Gasteiger partial charge in [-0.1, -0.05) is 6.58 Å². The first-order valence-corrected chi connectivity index (χ1v) is 7.32. The van der Waals surface area contributed by atoms with E-state index in [0.717, 1.165) is 0 Å². The lowest BCUT2D eigenvalue weighted by Gasteiger charge is -2.09. The number of benzene rings is 1. The summed E-state index contributed by atoms with van der Waals surface area (Å²) >= 11 is 0. The zero-order valence-corrected chi connectivity index (χ0v) is 10.8. The van der Waals surface area contributed by atoms with Crippen molar-refractivity contribution in [2.75, 3.05) is 0 Å². The second kappa shape index (κ2) is 4.99. The number of hydrogen-bond acceptors (Lipinski definition) is 7. The van der Waals surface area contributed by atoms with Gasteiger partial charge in [0.25, 0.3) is 10.1 Å². The van der Waals surface area contributed by atoms with E-state index in [1.807, 2.05) is 0 Å². The van der Waals surface area contributed by atoms with E-state index < -0.39 is 41.3 Å². The SMILES string of the molecule is C=COS(=O)(=O)c1cc(O)c(C=O)cc1S(=O)(=O)O. The van der Waals surface area contributed by atoms with Gasteiger partial charge in [-0.15, -0.1) is 0 Å². The van der Waals surface area contributed by atoms with Gasteiger partial charge in [-0.25, -0.2) is 0 Å². The lowest BCUT2D eigenvalue weighted by Crippen LogP contribution is -2.11. The Balaban J connectivity index is 3.79. The molecule has 8 nitrogen and oxygen atoms in total. The van der Waals surface area contributed by atoms with Crippen molar-refractivity contribution in [3.05, 3.63) is 30.5 Å². The number of phenolic OH excluding ortho intramolecular Hbond substituents is 1. The predicted octanol–water partition coefficient (Wildman–Crippen LogP) is 0.300. The second-order valence-electron chi connectivity index (χ2n) is 3.17. The van der Waals surface area contributed by atoms with Gasteiger partial charge in [0.2, 0.25) is 0 Å². The van der Waals surface area contributed by atoms with Crippen LogP contribution in [0.4, 0.5) is 0 Å². The van der Waals surface area contributed by atoms with Crippen molar-refractivity contribution < 1.29 is 35.5 Å². The monoisotopic (exact) mass is 308 g/mol. The van der Waals surface area contributed by atoms with Gasteiger partial charge in [0.1, 0.15) is 15.5 Å². The molecule has 1 aromatic rings. The van der Waals surface area contributed by atoms with E-state index in [-0.39, 0.29) is 6.29 Å². The third kappa shape index (κ3) is 3.10. The molecule has 1 rings (SSSR count). The van der Waals surface area contributed by atoms with Crippen LogP contribution in [0.2, 0.25) is 0 Å². The van der Waals surface area contributed by atoms with Crippen molar-refractivity contribution in [2.45, 2.75) is 9.79 Å². The molecule has 0 saturated heterocycles. The Labute approximate surface area is 108 Å². The third-order valence-electron chi connectivity index (χ3n) is 1.96. The maximum absolute atomic E-state index is 11.6. The highest BCUT2D eigenvalue weighted by atomic mass is 32.2. The molecule has 0 atom stereocenters. The number of rotatable bonds is 5. The Hall–Kier alpha value is -1.91. The van der Waals surface area contributed by atoms with E-state index in [9.17, 15) is 26.7 Å². The summed E-state index contributed by atoms with van der Waals surface area (Å²) in [6, 6.07) is 0.989. The van der Waals surface area contributed by atoms with Crippen LogP contribution in [-0.2, 0) is 24.4 Å². The minimum absolute atomic E-state index is 0.0920. The number of aldehydes is 1. The van der Waals surface area contributed by atoms with Crippen LogP contribution in [0.15, 0.2) is 34.8 Å². The zero-order chi connectivity index (χ0) is 14.8. The van der Waals surface area contributed by atoms with E-state index in [1.54, 1.807) is 0 Å². The standard InChI is InChI=1S/C9H8O8S2/c1-2-17-19(15,16)9-4-7(11)6(5-10)3-8(9)18(12,13)14/h2-5,11H,1H2,(H,12,13,14). The summed E-state index contributed by atoms with van der Waals surface area (Å²) in [4.78, 5) is 8.46. The minimum atomic E-state index is -4.95. The number of hydrogen-bond donors (Lipinski definition) is 2. The van der Waals surface area contributed by atoms with Crippen molar-refractivity contribution in [3.63, 3.8) is 0 Å². The molecule has 0 saturated carbocycles. The second-order valence-corrected chi connectivity index (χ2v) is 6.10. The van der Waals surface area contributed by atoms with Crippen LogP contribution in [-0.4, -0.2) is 32.8 Å². The molecule has 10 heteroatoms. The van der Waals surface area contributed by atoms with Crippen LogP contribution in [0.3, 0.4) is 0 Å². The Morgan fingerprint density at radius 2 is 1.74 bits per heavy atom. The number of carbonyl (C=O) groups excluding carboxylic acids is 1. The molecule has 0 radical (unpaired) electrons. The fourth-order valence-corrected chi connectivity index (χ4v) is 3.25. The van der Waals surface area contributed by atoms with E-state index in [1.165, 1.54) is 0 Å². The first-order valence-electron chi connectivity index (χ1n) is 4.47. The molecule has 104 valence electrons. The van der Waals surface area contributed by atoms with Crippen molar-refractivity contribution in [2.24, 2.45) is 0 Å². The van der Waals surface area contributed by atoms with Crippen LogP contribution >= 0.6 is 0 Å². The third-order valence-corrected chi connectivity index (χ3v) is 4.25. The molecule has 0 aliphatic carbocycles. The van der Waals surface area contributed by atoms with Gasteiger partial charge < -0.3 is 9.29 Å². The highest BCUT2D eigenvalue weighted by molar-refractivity contribution is 7.89. The Morgan fingerprint density at radius 3 is 2.16 bits per heavy atom. The number of aromatic hydroxyl groups is 1. The van der Waals surface area contributed by atoms with Gasteiger partial charge in [-0.2, -0.15) is 16.8 Å². The van der Waals surface area contributed by atoms with E-state index >= 15 is 0 Å². The molecule has 0 aliphatic rings. The Bertz CT molecular complexity index is 730. The van der Waals surface area contributed by atoms with E-state index in [2.05, 4.69) is 10.8 Å².